The first-order valence-corrected chi connectivity index (χ1v) is 13.3. The lowest BCUT2D eigenvalue weighted by molar-refractivity contribution is -0.615. The third-order valence-corrected chi connectivity index (χ3v) is 7.24. The summed E-state index contributed by atoms with van der Waals surface area (Å²) in [6, 6.07) is 7.10. The molecule has 0 amide bonds. The lowest BCUT2D eigenvalue weighted by atomic mass is 9.95. The van der Waals surface area contributed by atoms with E-state index in [2.05, 4.69) is 34.3 Å². The second-order valence-corrected chi connectivity index (χ2v) is 9.80. The first-order valence-electron chi connectivity index (χ1n) is 13.3. The van der Waals surface area contributed by atoms with Crippen molar-refractivity contribution in [2.75, 3.05) is 31.1 Å². The molecular weight excluding hydrogens is 440 g/mol. The third kappa shape index (κ3) is 6.11. The molecule has 0 unspecified atom stereocenters. The Hall–Kier alpha value is -2.71. The summed E-state index contributed by atoms with van der Waals surface area (Å²) in [6.45, 7) is 9.35. The SMILES string of the molecule is CCNC1CCN(c2ccc(-c3nc(C(C)=N)c([NH2+]C4CCCCC4)c(=O)[nH]3)c(OCC)c2)CC1. The molecule has 2 aliphatic rings. The average Bonchev–Trinajstić information content (AvgIpc) is 2.86. The zero-order valence-electron chi connectivity index (χ0n) is 21.5. The topological polar surface area (TPSA) is 111 Å². The second kappa shape index (κ2) is 11.8. The highest BCUT2D eigenvalue weighted by atomic mass is 16.5. The molecule has 8 nitrogen and oxygen atoms in total. The number of aromatic amines is 1. The highest BCUT2D eigenvalue weighted by Gasteiger charge is 2.25. The summed E-state index contributed by atoms with van der Waals surface area (Å²) < 4.78 is 6.01. The molecular formula is C27H41N6O2+. The van der Waals surface area contributed by atoms with Gasteiger partial charge in [0.15, 0.2) is 5.69 Å². The lowest BCUT2D eigenvalue weighted by Gasteiger charge is -2.34. The molecule has 2 fully saturated rings. The van der Waals surface area contributed by atoms with Gasteiger partial charge in [-0.15, -0.1) is 0 Å². The molecule has 0 spiro atoms. The normalized spacial score (nSPS) is 17.5. The van der Waals surface area contributed by atoms with Gasteiger partial charge in [0, 0.05) is 30.9 Å². The Bertz CT molecular complexity index is 1070. The van der Waals surface area contributed by atoms with E-state index in [0.29, 0.717) is 47.4 Å². The molecule has 2 aromatic rings. The van der Waals surface area contributed by atoms with Gasteiger partial charge in [0.25, 0.3) is 0 Å². The zero-order valence-corrected chi connectivity index (χ0v) is 21.5. The van der Waals surface area contributed by atoms with Crippen LogP contribution >= 0.6 is 0 Å². The fraction of sp³-hybridized carbons (Fsp3) is 0.593. The van der Waals surface area contributed by atoms with E-state index in [1.807, 2.05) is 18.3 Å². The molecule has 0 radical (unpaired) electrons. The number of hydrogen-bond donors (Lipinski definition) is 4. The lowest BCUT2D eigenvalue weighted by Crippen LogP contribution is -2.86. The molecule has 1 aliphatic carbocycles. The largest absolute Gasteiger partial charge is 0.493 e. The summed E-state index contributed by atoms with van der Waals surface area (Å²) in [4.78, 5) is 23.4. The van der Waals surface area contributed by atoms with Crippen LogP contribution in [0.3, 0.4) is 0 Å². The van der Waals surface area contributed by atoms with Crippen LogP contribution in [0.2, 0.25) is 0 Å². The van der Waals surface area contributed by atoms with Crippen molar-refractivity contribution in [3.05, 3.63) is 34.2 Å². The number of anilines is 1. The Labute approximate surface area is 208 Å². The predicted molar refractivity (Wildman–Crippen MR) is 141 cm³/mol. The molecule has 0 bridgehead atoms. The van der Waals surface area contributed by atoms with Gasteiger partial charge in [0.1, 0.15) is 11.6 Å². The number of benzene rings is 1. The maximum Gasteiger partial charge on any atom is 0.313 e. The summed E-state index contributed by atoms with van der Waals surface area (Å²) in [7, 11) is 0. The van der Waals surface area contributed by atoms with E-state index in [9.17, 15) is 4.79 Å². The molecule has 35 heavy (non-hydrogen) atoms. The maximum atomic E-state index is 13.2. The highest BCUT2D eigenvalue weighted by Crippen LogP contribution is 2.33. The summed E-state index contributed by atoms with van der Waals surface area (Å²) in [5.41, 5.74) is 3.00. The Morgan fingerprint density at radius 1 is 1.20 bits per heavy atom. The Balaban J connectivity index is 1.63. The number of quaternary nitrogens is 1. The Morgan fingerprint density at radius 2 is 1.94 bits per heavy atom. The van der Waals surface area contributed by atoms with Crippen LogP contribution in [0.1, 0.15) is 71.4 Å². The standard InChI is InChI=1S/C27H40N6O2/c1-4-29-19-13-15-33(16-14-19)21-11-12-22(23(17-21)35-5-2)26-31-24(18(3)28)25(27(34)32-26)30-20-9-7-6-8-10-20/h11-12,17,19-20,28-30H,4-10,13-16H2,1-3H3,(H,31,32,34)/p+1. The van der Waals surface area contributed by atoms with E-state index >= 15 is 0 Å². The summed E-state index contributed by atoms with van der Waals surface area (Å²) in [5.74, 6) is 1.16. The van der Waals surface area contributed by atoms with Crippen LogP contribution in [0.4, 0.5) is 11.4 Å². The van der Waals surface area contributed by atoms with Gasteiger partial charge in [-0.2, -0.15) is 0 Å². The van der Waals surface area contributed by atoms with Crippen molar-refractivity contribution < 1.29 is 10.1 Å². The van der Waals surface area contributed by atoms with Crippen molar-refractivity contribution in [1.82, 2.24) is 15.3 Å². The Morgan fingerprint density at radius 3 is 2.60 bits per heavy atom. The number of ether oxygens (including phenoxy) is 1. The number of hydrogen-bond acceptors (Lipinski definition) is 6. The molecule has 1 aliphatic heterocycles. The van der Waals surface area contributed by atoms with Crippen molar-refractivity contribution in [1.29, 1.82) is 5.41 Å². The van der Waals surface area contributed by atoms with Crippen molar-refractivity contribution in [3.8, 4) is 17.1 Å². The number of nitrogens with two attached hydrogens (primary N) is 1. The first kappa shape index (κ1) is 25.4. The number of nitrogens with one attached hydrogen (secondary N) is 3. The maximum absolute atomic E-state index is 13.2. The van der Waals surface area contributed by atoms with E-state index in [4.69, 9.17) is 15.1 Å². The van der Waals surface area contributed by atoms with Gasteiger partial charge in [-0.25, -0.2) is 4.98 Å². The molecule has 1 aromatic carbocycles. The summed E-state index contributed by atoms with van der Waals surface area (Å²) in [5, 5.41) is 13.9. The Kier molecular flexibility index (Phi) is 8.57. The third-order valence-electron chi connectivity index (χ3n) is 7.24. The van der Waals surface area contributed by atoms with Gasteiger partial charge in [-0.3, -0.25) is 4.79 Å². The number of nitrogens with zero attached hydrogens (tertiary/aromatic N) is 2. The van der Waals surface area contributed by atoms with E-state index in [0.717, 1.165) is 56.6 Å². The minimum Gasteiger partial charge on any atom is -0.493 e. The fourth-order valence-electron chi connectivity index (χ4n) is 5.40. The van der Waals surface area contributed by atoms with Crippen LogP contribution in [0.15, 0.2) is 23.0 Å². The minimum absolute atomic E-state index is 0.181. The van der Waals surface area contributed by atoms with Crippen molar-refractivity contribution in [2.45, 2.75) is 77.8 Å². The summed E-state index contributed by atoms with van der Waals surface area (Å²) >= 11 is 0. The molecule has 4 rings (SSSR count). The van der Waals surface area contributed by atoms with Crippen LogP contribution in [-0.4, -0.2) is 54.0 Å². The monoisotopic (exact) mass is 481 g/mol. The number of rotatable bonds is 9. The van der Waals surface area contributed by atoms with Gasteiger partial charge in [-0.1, -0.05) is 13.3 Å². The van der Waals surface area contributed by atoms with Gasteiger partial charge >= 0.3 is 5.56 Å². The molecule has 0 atom stereocenters. The molecule has 1 saturated carbocycles. The molecule has 190 valence electrons. The van der Waals surface area contributed by atoms with Gasteiger partial charge in [0.2, 0.25) is 5.69 Å². The van der Waals surface area contributed by atoms with Crippen molar-refractivity contribution in [3.63, 3.8) is 0 Å². The summed E-state index contributed by atoms with van der Waals surface area (Å²) in [6.07, 6.45) is 8.09. The van der Waals surface area contributed by atoms with Crippen LogP contribution in [-0.2, 0) is 0 Å². The quantitative estimate of drug-likeness (QED) is 0.411. The minimum atomic E-state index is -0.181. The predicted octanol–water partition coefficient (Wildman–Crippen LogP) is 3.33. The van der Waals surface area contributed by atoms with Crippen LogP contribution in [0.5, 0.6) is 5.75 Å². The van der Waals surface area contributed by atoms with E-state index < -0.39 is 0 Å². The second-order valence-electron chi connectivity index (χ2n) is 9.80. The zero-order chi connectivity index (χ0) is 24.8. The average molecular weight is 482 g/mol. The van der Waals surface area contributed by atoms with Gasteiger partial charge in [-0.05, 0) is 71.0 Å². The van der Waals surface area contributed by atoms with Crippen LogP contribution in [0, 0.1) is 5.41 Å². The number of aromatic nitrogens is 2. The van der Waals surface area contributed by atoms with E-state index in [-0.39, 0.29) is 5.56 Å². The fourth-order valence-corrected chi connectivity index (χ4v) is 5.40. The molecule has 1 saturated heterocycles. The van der Waals surface area contributed by atoms with Gasteiger partial charge in [0.05, 0.1) is 23.9 Å². The molecule has 8 heteroatoms. The number of H-pyrrole nitrogens is 1. The van der Waals surface area contributed by atoms with Crippen LogP contribution in [0.25, 0.3) is 11.4 Å². The number of piperidine rings is 1. The van der Waals surface area contributed by atoms with Crippen LogP contribution < -0.4 is 25.8 Å². The van der Waals surface area contributed by atoms with E-state index in [1.54, 1.807) is 6.92 Å². The molecule has 2 heterocycles. The smallest absolute Gasteiger partial charge is 0.313 e. The highest BCUT2D eigenvalue weighted by molar-refractivity contribution is 5.98. The van der Waals surface area contributed by atoms with E-state index in [1.165, 1.54) is 19.3 Å². The van der Waals surface area contributed by atoms with Crippen molar-refractivity contribution in [2.24, 2.45) is 0 Å². The van der Waals surface area contributed by atoms with Crippen molar-refractivity contribution >= 4 is 17.1 Å². The first-order chi connectivity index (χ1) is 17.0. The molecule has 5 N–H and O–H groups in total. The van der Waals surface area contributed by atoms with Gasteiger partial charge < -0.3 is 30.7 Å². The molecule has 1 aromatic heterocycles.